The zero-order chi connectivity index (χ0) is 15.1. The van der Waals surface area contributed by atoms with Crippen LogP contribution in [-0.2, 0) is 11.2 Å². The van der Waals surface area contributed by atoms with Gasteiger partial charge in [0.1, 0.15) is 0 Å². The Labute approximate surface area is 124 Å². The van der Waals surface area contributed by atoms with Gasteiger partial charge in [-0.25, -0.2) is 0 Å². The molecule has 1 fully saturated rings. The first-order chi connectivity index (χ1) is 10.2. The summed E-state index contributed by atoms with van der Waals surface area (Å²) in [6.45, 7) is 5.53. The largest absolute Gasteiger partial charge is 0.354 e. The van der Waals surface area contributed by atoms with Crippen molar-refractivity contribution in [3.63, 3.8) is 0 Å². The Bertz CT molecular complexity index is 485. The minimum Gasteiger partial charge on any atom is -0.354 e. The molecule has 0 saturated carbocycles. The van der Waals surface area contributed by atoms with Crippen molar-refractivity contribution in [2.24, 2.45) is 0 Å². The molecule has 0 aliphatic carbocycles. The first kappa shape index (κ1) is 15.5. The van der Waals surface area contributed by atoms with Crippen LogP contribution >= 0.6 is 0 Å². The van der Waals surface area contributed by atoms with Crippen molar-refractivity contribution in [3.05, 3.63) is 17.5 Å². The number of amides is 2. The maximum absolute atomic E-state index is 12.1. The Kier molecular flexibility index (Phi) is 5.74. The van der Waals surface area contributed by atoms with Crippen molar-refractivity contribution in [1.29, 1.82) is 0 Å². The summed E-state index contributed by atoms with van der Waals surface area (Å²) in [5.74, 6) is -0.00326. The highest BCUT2D eigenvalue weighted by Gasteiger charge is 2.16. The molecule has 1 aliphatic rings. The van der Waals surface area contributed by atoms with Crippen LogP contribution in [0.4, 0.5) is 0 Å². The van der Waals surface area contributed by atoms with Gasteiger partial charge in [0.05, 0.1) is 18.3 Å². The van der Waals surface area contributed by atoms with Gasteiger partial charge in [-0.1, -0.05) is 13.3 Å². The third-order valence-electron chi connectivity index (χ3n) is 3.52. The first-order valence-electron chi connectivity index (χ1n) is 7.50. The molecule has 7 heteroatoms. The van der Waals surface area contributed by atoms with E-state index >= 15 is 0 Å². The van der Waals surface area contributed by atoms with Crippen LogP contribution < -0.4 is 10.6 Å². The second-order valence-electron chi connectivity index (χ2n) is 5.25. The molecule has 0 radical (unpaired) electrons. The molecule has 2 rings (SSSR count). The fourth-order valence-corrected chi connectivity index (χ4v) is 2.43. The second-order valence-corrected chi connectivity index (χ2v) is 5.25. The Balaban J connectivity index is 1.69. The number of aromatic amines is 1. The van der Waals surface area contributed by atoms with E-state index in [0.717, 1.165) is 38.0 Å². The van der Waals surface area contributed by atoms with Crippen LogP contribution in [-0.4, -0.2) is 59.6 Å². The Morgan fingerprint density at radius 3 is 3.14 bits per heavy atom. The average Bonchev–Trinajstić information content (AvgIpc) is 2.92. The van der Waals surface area contributed by atoms with Gasteiger partial charge in [-0.15, -0.1) is 0 Å². The van der Waals surface area contributed by atoms with Gasteiger partial charge in [-0.3, -0.25) is 19.6 Å². The molecule has 2 heterocycles. The summed E-state index contributed by atoms with van der Waals surface area (Å²) in [4.78, 5) is 25.4. The van der Waals surface area contributed by atoms with Crippen molar-refractivity contribution >= 4 is 11.8 Å². The van der Waals surface area contributed by atoms with Gasteiger partial charge in [-0.2, -0.15) is 5.10 Å². The molecule has 116 valence electrons. The number of piperazine rings is 1. The molecular weight excluding hydrogens is 270 g/mol. The monoisotopic (exact) mass is 293 g/mol. The molecular formula is C14H23N5O2. The van der Waals surface area contributed by atoms with E-state index in [1.807, 2.05) is 0 Å². The molecule has 0 atom stereocenters. The number of rotatable bonds is 7. The Morgan fingerprint density at radius 2 is 2.38 bits per heavy atom. The van der Waals surface area contributed by atoms with Crippen LogP contribution in [0.5, 0.6) is 0 Å². The first-order valence-corrected chi connectivity index (χ1v) is 7.50. The zero-order valence-electron chi connectivity index (χ0n) is 12.4. The van der Waals surface area contributed by atoms with E-state index in [9.17, 15) is 9.59 Å². The van der Waals surface area contributed by atoms with E-state index in [-0.39, 0.29) is 11.8 Å². The Morgan fingerprint density at radius 1 is 1.52 bits per heavy atom. The van der Waals surface area contributed by atoms with Crippen LogP contribution in [0.2, 0.25) is 0 Å². The normalized spacial score (nSPS) is 15.8. The number of H-pyrrole nitrogens is 1. The molecule has 0 bridgehead atoms. The quantitative estimate of drug-likeness (QED) is 0.613. The molecule has 7 nitrogen and oxygen atoms in total. The van der Waals surface area contributed by atoms with E-state index in [0.29, 0.717) is 25.2 Å². The Hall–Kier alpha value is -1.89. The molecule has 21 heavy (non-hydrogen) atoms. The summed E-state index contributed by atoms with van der Waals surface area (Å²) in [6, 6.07) is 0. The third kappa shape index (κ3) is 4.56. The lowest BCUT2D eigenvalue weighted by Gasteiger charge is -2.26. The lowest BCUT2D eigenvalue weighted by atomic mass is 10.1. The number of aromatic nitrogens is 2. The maximum Gasteiger partial charge on any atom is 0.254 e. The van der Waals surface area contributed by atoms with Crippen molar-refractivity contribution in [2.75, 3.05) is 32.7 Å². The summed E-state index contributed by atoms with van der Waals surface area (Å²) in [6.07, 6.45) is 4.21. The van der Waals surface area contributed by atoms with Crippen molar-refractivity contribution < 1.29 is 9.59 Å². The minimum atomic E-state index is -0.0800. The fraction of sp³-hybridized carbons (Fsp3) is 0.643. The predicted octanol–water partition coefficient (Wildman–Crippen LogP) is -0.0861. The number of carbonyl (C=O) groups excluding carboxylic acids is 2. The summed E-state index contributed by atoms with van der Waals surface area (Å²) >= 11 is 0. The topological polar surface area (TPSA) is 90.1 Å². The summed E-state index contributed by atoms with van der Waals surface area (Å²) in [5, 5.41) is 12.5. The van der Waals surface area contributed by atoms with E-state index in [1.165, 1.54) is 0 Å². The number of carbonyl (C=O) groups is 2. The van der Waals surface area contributed by atoms with Crippen LogP contribution in [0.15, 0.2) is 6.20 Å². The van der Waals surface area contributed by atoms with E-state index < -0.39 is 0 Å². The average molecular weight is 293 g/mol. The van der Waals surface area contributed by atoms with Gasteiger partial charge in [-0.05, 0) is 12.8 Å². The highest BCUT2D eigenvalue weighted by molar-refractivity contribution is 5.95. The zero-order valence-corrected chi connectivity index (χ0v) is 12.4. The van der Waals surface area contributed by atoms with Crippen LogP contribution in [0.1, 0.15) is 35.8 Å². The van der Waals surface area contributed by atoms with Gasteiger partial charge in [0, 0.05) is 31.9 Å². The van der Waals surface area contributed by atoms with Crippen molar-refractivity contribution in [3.8, 4) is 0 Å². The van der Waals surface area contributed by atoms with E-state index in [4.69, 9.17) is 0 Å². The van der Waals surface area contributed by atoms with E-state index in [1.54, 1.807) is 6.20 Å². The number of nitrogens with zero attached hydrogens (tertiary/aromatic N) is 2. The van der Waals surface area contributed by atoms with Gasteiger partial charge in [0.15, 0.2) is 0 Å². The van der Waals surface area contributed by atoms with Crippen molar-refractivity contribution in [1.82, 2.24) is 25.7 Å². The fourth-order valence-electron chi connectivity index (χ4n) is 2.43. The van der Waals surface area contributed by atoms with Crippen LogP contribution in [0.3, 0.4) is 0 Å². The number of hydrogen-bond donors (Lipinski definition) is 3. The second kappa shape index (κ2) is 7.78. The van der Waals surface area contributed by atoms with Crippen molar-refractivity contribution in [2.45, 2.75) is 26.2 Å². The molecule has 0 aromatic carbocycles. The SMILES string of the molecule is CCCc1[nH]ncc1C(=O)NCCCN1CCNC(=O)C1. The third-order valence-corrected chi connectivity index (χ3v) is 3.52. The molecule has 1 aliphatic heterocycles. The molecule has 0 spiro atoms. The number of aryl methyl sites for hydroxylation is 1. The molecule has 1 aromatic heterocycles. The van der Waals surface area contributed by atoms with E-state index in [2.05, 4.69) is 32.7 Å². The molecule has 0 unspecified atom stereocenters. The van der Waals surface area contributed by atoms with Gasteiger partial charge < -0.3 is 10.6 Å². The molecule has 1 saturated heterocycles. The summed E-state index contributed by atoms with van der Waals surface area (Å²) in [7, 11) is 0. The predicted molar refractivity (Wildman–Crippen MR) is 79.0 cm³/mol. The molecule has 2 amide bonds. The smallest absolute Gasteiger partial charge is 0.254 e. The minimum absolute atomic E-state index is 0.0768. The van der Waals surface area contributed by atoms with Crippen LogP contribution in [0, 0.1) is 0 Å². The standard InChI is InChI=1S/C14H23N5O2/c1-2-4-12-11(9-17-18-12)14(21)16-5-3-7-19-8-6-15-13(20)10-19/h9H,2-8,10H2,1H3,(H,15,20)(H,16,21)(H,17,18). The number of hydrogen-bond acceptors (Lipinski definition) is 4. The van der Waals surface area contributed by atoms with Gasteiger partial charge in [0.25, 0.3) is 5.91 Å². The summed E-state index contributed by atoms with van der Waals surface area (Å²) < 4.78 is 0. The molecule has 3 N–H and O–H groups in total. The van der Waals surface area contributed by atoms with Gasteiger partial charge >= 0.3 is 0 Å². The van der Waals surface area contributed by atoms with Gasteiger partial charge in [0.2, 0.25) is 5.91 Å². The lowest BCUT2D eigenvalue weighted by Crippen LogP contribution is -2.48. The maximum atomic E-state index is 12.1. The highest BCUT2D eigenvalue weighted by Crippen LogP contribution is 2.07. The van der Waals surface area contributed by atoms with Crippen LogP contribution in [0.25, 0.3) is 0 Å². The summed E-state index contributed by atoms with van der Waals surface area (Å²) in [5.41, 5.74) is 1.52. The highest BCUT2D eigenvalue weighted by atomic mass is 16.2. The number of nitrogens with one attached hydrogen (secondary N) is 3. The molecule has 1 aromatic rings. The lowest BCUT2D eigenvalue weighted by molar-refractivity contribution is -0.124.